The number of carbonyl (C=O) groups excluding carboxylic acids is 2. The summed E-state index contributed by atoms with van der Waals surface area (Å²) in [6, 6.07) is 0. The summed E-state index contributed by atoms with van der Waals surface area (Å²) in [5.74, 6) is -0.289. The van der Waals surface area contributed by atoms with Gasteiger partial charge in [0.2, 0.25) is 0 Å². The second kappa shape index (κ2) is 7.18. The second-order valence-corrected chi connectivity index (χ2v) is 13.1. The molecule has 2 heterocycles. The van der Waals surface area contributed by atoms with E-state index in [9.17, 15) is 24.9 Å². The smallest absolute Gasteiger partial charge is 0.336 e. The van der Waals surface area contributed by atoms with Gasteiger partial charge in [-0.1, -0.05) is 12.5 Å². The van der Waals surface area contributed by atoms with Gasteiger partial charge in [-0.05, 0) is 83.5 Å². The van der Waals surface area contributed by atoms with Crippen LogP contribution in [0.25, 0.3) is 0 Å². The molecule has 0 unspecified atom stereocenters. The van der Waals surface area contributed by atoms with Crippen LogP contribution in [-0.4, -0.2) is 62.7 Å². The number of ether oxygens (including phenoxy) is 2. The molecule has 6 aliphatic rings. The number of ketones is 1. The summed E-state index contributed by atoms with van der Waals surface area (Å²) in [4.78, 5) is 26.1. The van der Waals surface area contributed by atoms with Crippen molar-refractivity contribution >= 4 is 11.8 Å². The van der Waals surface area contributed by atoms with Crippen molar-refractivity contribution in [1.82, 2.24) is 0 Å². The van der Waals surface area contributed by atoms with Gasteiger partial charge in [0.1, 0.15) is 23.1 Å². The van der Waals surface area contributed by atoms with E-state index in [0.717, 1.165) is 31.3 Å². The fourth-order valence-corrected chi connectivity index (χ4v) is 10.3. The largest absolute Gasteiger partial charge is 0.456 e. The van der Waals surface area contributed by atoms with Crippen molar-refractivity contribution < 1.29 is 34.4 Å². The van der Waals surface area contributed by atoms with Crippen molar-refractivity contribution in [3.05, 3.63) is 11.1 Å². The van der Waals surface area contributed by atoms with Gasteiger partial charge in [-0.15, -0.1) is 0 Å². The zero-order chi connectivity index (χ0) is 25.2. The predicted molar refractivity (Wildman–Crippen MR) is 126 cm³/mol. The molecule has 2 aliphatic heterocycles. The van der Waals surface area contributed by atoms with Gasteiger partial charge >= 0.3 is 5.97 Å². The first-order valence-electron chi connectivity index (χ1n) is 13.5. The van der Waals surface area contributed by atoms with Crippen LogP contribution in [0.4, 0.5) is 0 Å². The highest BCUT2D eigenvalue weighted by atomic mass is 16.6. The van der Waals surface area contributed by atoms with Crippen molar-refractivity contribution in [2.24, 2.45) is 28.6 Å². The Morgan fingerprint density at radius 3 is 2.49 bits per heavy atom. The molecule has 7 nitrogen and oxygen atoms in total. The van der Waals surface area contributed by atoms with E-state index in [0.29, 0.717) is 37.7 Å². The molecule has 4 aliphatic carbocycles. The number of esters is 1. The first-order chi connectivity index (χ1) is 16.4. The summed E-state index contributed by atoms with van der Waals surface area (Å²) >= 11 is 0. The van der Waals surface area contributed by atoms with E-state index >= 15 is 0 Å². The van der Waals surface area contributed by atoms with Crippen molar-refractivity contribution in [2.75, 3.05) is 6.61 Å². The highest BCUT2D eigenvalue weighted by Gasteiger charge is 2.80. The minimum atomic E-state index is -1.38. The molecule has 3 N–H and O–H groups in total. The molecule has 0 amide bonds. The van der Waals surface area contributed by atoms with Crippen molar-refractivity contribution in [3.63, 3.8) is 0 Å². The number of aliphatic hydroxyl groups excluding tert-OH is 2. The summed E-state index contributed by atoms with van der Waals surface area (Å²) in [5.41, 5.74) is -2.54. The summed E-state index contributed by atoms with van der Waals surface area (Å²) in [5, 5.41) is 32.7. The molecule has 7 heteroatoms. The molecule has 0 aromatic rings. The standard InChI is InChI=1S/C28H40O7/c1-15-12-22(34-23(32)16(15)14-29)26(4)19-8-11-28(35-26)18-13-21(31)27(33)9-5-6-20(30)25(27,3)17(18)7-10-24(19,28)2/h17-19,21-22,29,31,33H,5-14H2,1-4H3/t17-,18+,19+,21+,22+,24+,25-,26-,27-,28+/m0/s1. The Labute approximate surface area is 207 Å². The van der Waals surface area contributed by atoms with E-state index < -0.39 is 40.4 Å². The fraction of sp³-hybridized carbons (Fsp3) is 0.857. The number of aliphatic hydroxyl groups is 3. The predicted octanol–water partition coefficient (Wildman–Crippen LogP) is 2.84. The van der Waals surface area contributed by atoms with Crippen molar-refractivity contribution in [3.8, 4) is 0 Å². The van der Waals surface area contributed by atoms with E-state index in [4.69, 9.17) is 9.47 Å². The normalized spacial score (nSPS) is 55.3. The van der Waals surface area contributed by atoms with Crippen LogP contribution >= 0.6 is 0 Å². The lowest BCUT2D eigenvalue weighted by molar-refractivity contribution is -0.281. The lowest BCUT2D eigenvalue weighted by Gasteiger charge is -2.65. The number of rotatable bonds is 2. The molecule has 35 heavy (non-hydrogen) atoms. The monoisotopic (exact) mass is 488 g/mol. The van der Waals surface area contributed by atoms with Crippen molar-refractivity contribution in [1.29, 1.82) is 0 Å². The van der Waals surface area contributed by atoms with E-state index in [1.54, 1.807) is 0 Å². The van der Waals surface area contributed by atoms with Gasteiger partial charge in [-0.25, -0.2) is 4.79 Å². The number of hydrogen-bond donors (Lipinski definition) is 3. The van der Waals surface area contributed by atoms with Crippen LogP contribution in [0.1, 0.15) is 85.5 Å². The zero-order valence-electron chi connectivity index (χ0n) is 21.4. The second-order valence-electron chi connectivity index (χ2n) is 13.1. The van der Waals surface area contributed by atoms with Crippen LogP contribution in [-0.2, 0) is 19.1 Å². The van der Waals surface area contributed by atoms with Gasteiger partial charge < -0.3 is 24.8 Å². The zero-order valence-corrected chi connectivity index (χ0v) is 21.4. The van der Waals surface area contributed by atoms with Crippen LogP contribution in [0.2, 0.25) is 0 Å². The SMILES string of the molecule is CC1=C(CO)C(=O)O[C@@H]([C@@]2(C)O[C@@]34CC[C@@H]2[C@@]3(C)CC[C@H]2[C@H]4C[C@@H](O)[C@@]3(O)CCCC(=O)[C@]23C)C1. The Morgan fingerprint density at radius 2 is 1.80 bits per heavy atom. The highest BCUT2D eigenvalue weighted by Crippen LogP contribution is 2.76. The van der Waals surface area contributed by atoms with Crippen molar-refractivity contribution in [2.45, 2.75) is 114 Å². The highest BCUT2D eigenvalue weighted by molar-refractivity contribution is 5.90. The first-order valence-corrected chi connectivity index (χ1v) is 13.5. The molecule has 0 spiro atoms. The molecule has 2 bridgehead atoms. The molecule has 1 saturated heterocycles. The fourth-order valence-electron chi connectivity index (χ4n) is 10.3. The van der Waals surface area contributed by atoms with E-state index in [2.05, 4.69) is 13.8 Å². The Hall–Kier alpha value is -1.28. The maximum Gasteiger partial charge on any atom is 0.336 e. The van der Waals surface area contributed by atoms with E-state index in [1.165, 1.54) is 0 Å². The number of cyclic esters (lactones) is 1. The minimum absolute atomic E-state index is 0.0423. The van der Waals surface area contributed by atoms with Gasteiger partial charge in [-0.3, -0.25) is 4.79 Å². The molecule has 0 aromatic heterocycles. The Bertz CT molecular complexity index is 1020. The molecule has 6 rings (SSSR count). The maximum atomic E-state index is 13.4. The summed E-state index contributed by atoms with van der Waals surface area (Å²) in [6.45, 7) is 7.85. The lowest BCUT2D eigenvalue weighted by atomic mass is 9.41. The first kappa shape index (κ1) is 24.1. The lowest BCUT2D eigenvalue weighted by Crippen LogP contribution is -2.72. The molecule has 5 fully saturated rings. The van der Waals surface area contributed by atoms with Crippen LogP contribution in [0.3, 0.4) is 0 Å². The molecule has 4 saturated carbocycles. The van der Waals surface area contributed by atoms with Gasteiger partial charge in [-0.2, -0.15) is 0 Å². The third-order valence-corrected chi connectivity index (χ3v) is 12.2. The van der Waals surface area contributed by atoms with Gasteiger partial charge in [0, 0.05) is 18.3 Å². The average Bonchev–Trinajstić information content (AvgIpc) is 3.20. The third kappa shape index (κ3) is 2.56. The molecule has 0 aromatic carbocycles. The molecule has 194 valence electrons. The number of hydrogen-bond acceptors (Lipinski definition) is 7. The number of fused-ring (bicyclic) bond motifs is 3. The van der Waals surface area contributed by atoms with Crippen LogP contribution < -0.4 is 0 Å². The number of Topliss-reactive ketones (excluding diaryl/α,β-unsaturated/α-hetero) is 1. The molecule has 10 atom stereocenters. The number of carbonyl (C=O) groups is 2. The summed E-state index contributed by atoms with van der Waals surface area (Å²) in [6.07, 6.45) is 4.62. The van der Waals surface area contributed by atoms with E-state index in [1.807, 2.05) is 13.8 Å². The molecular formula is C28H40O7. The Balaban J connectivity index is 1.41. The minimum Gasteiger partial charge on any atom is -0.456 e. The van der Waals surface area contributed by atoms with Crippen LogP contribution in [0.5, 0.6) is 0 Å². The topological polar surface area (TPSA) is 113 Å². The molecule has 0 radical (unpaired) electrons. The third-order valence-electron chi connectivity index (χ3n) is 12.2. The molecular weight excluding hydrogens is 448 g/mol. The quantitative estimate of drug-likeness (QED) is 0.512. The van der Waals surface area contributed by atoms with E-state index in [-0.39, 0.29) is 35.6 Å². The maximum absolute atomic E-state index is 13.4. The van der Waals surface area contributed by atoms with Gasteiger partial charge in [0.15, 0.2) is 0 Å². The van der Waals surface area contributed by atoms with Crippen LogP contribution in [0, 0.1) is 28.6 Å². The Kier molecular flexibility index (Phi) is 4.94. The summed E-state index contributed by atoms with van der Waals surface area (Å²) < 4.78 is 13.1. The van der Waals surface area contributed by atoms with Gasteiger partial charge in [0.05, 0.1) is 29.3 Å². The van der Waals surface area contributed by atoms with Crippen LogP contribution in [0.15, 0.2) is 11.1 Å². The Morgan fingerprint density at radius 1 is 1.06 bits per heavy atom. The summed E-state index contributed by atoms with van der Waals surface area (Å²) in [7, 11) is 0. The van der Waals surface area contributed by atoms with Gasteiger partial charge in [0.25, 0.3) is 0 Å². The average molecular weight is 489 g/mol.